The van der Waals surface area contributed by atoms with Crippen molar-refractivity contribution in [1.29, 1.82) is 0 Å². The minimum atomic E-state index is -4.29. The van der Waals surface area contributed by atoms with E-state index in [9.17, 15) is 13.2 Å². The van der Waals surface area contributed by atoms with E-state index in [-0.39, 0.29) is 0 Å². The quantitative estimate of drug-likeness (QED) is 0.941. The maximum atomic E-state index is 12.5. The summed E-state index contributed by atoms with van der Waals surface area (Å²) < 4.78 is 39.6. The average Bonchev–Trinajstić information content (AvgIpc) is 3.08. The monoisotopic (exact) mass is 295 g/mol. The van der Waals surface area contributed by atoms with Gasteiger partial charge in [0, 0.05) is 18.8 Å². The number of hydrogen-bond acceptors (Lipinski definition) is 2. The standard InChI is InChI=1S/C15H16F3N3/c16-15(17,18)12-5-3-11(4-6-12)9-21-10-19-8-14(21)13-2-1-7-20-13/h3-6,8,10,13,20H,1-2,7,9H2/t13-/m0/s1. The van der Waals surface area contributed by atoms with Crippen molar-refractivity contribution >= 4 is 0 Å². The molecule has 21 heavy (non-hydrogen) atoms. The first-order valence-corrected chi connectivity index (χ1v) is 6.93. The Morgan fingerprint density at radius 1 is 1.24 bits per heavy atom. The molecule has 0 bridgehead atoms. The maximum Gasteiger partial charge on any atom is 0.416 e. The summed E-state index contributed by atoms with van der Waals surface area (Å²) in [4.78, 5) is 4.16. The lowest BCUT2D eigenvalue weighted by molar-refractivity contribution is -0.137. The minimum Gasteiger partial charge on any atom is -0.329 e. The predicted molar refractivity (Wildman–Crippen MR) is 72.8 cm³/mol. The Balaban J connectivity index is 1.76. The summed E-state index contributed by atoms with van der Waals surface area (Å²) in [6.45, 7) is 1.53. The zero-order valence-corrected chi connectivity index (χ0v) is 11.4. The van der Waals surface area contributed by atoms with Crippen molar-refractivity contribution in [2.24, 2.45) is 0 Å². The molecule has 0 amide bonds. The molecule has 1 saturated heterocycles. The molecule has 0 saturated carbocycles. The summed E-state index contributed by atoms with van der Waals surface area (Å²) in [5.74, 6) is 0. The zero-order chi connectivity index (χ0) is 14.9. The van der Waals surface area contributed by atoms with Crippen molar-refractivity contribution in [3.05, 3.63) is 53.6 Å². The average molecular weight is 295 g/mol. The highest BCUT2D eigenvalue weighted by Gasteiger charge is 2.30. The fraction of sp³-hybridized carbons (Fsp3) is 0.400. The first-order valence-electron chi connectivity index (χ1n) is 6.93. The summed E-state index contributed by atoms with van der Waals surface area (Å²) in [6.07, 6.45) is 1.47. The zero-order valence-electron chi connectivity index (χ0n) is 11.4. The van der Waals surface area contributed by atoms with Gasteiger partial charge in [0.25, 0.3) is 0 Å². The largest absolute Gasteiger partial charge is 0.416 e. The van der Waals surface area contributed by atoms with Crippen LogP contribution in [0.25, 0.3) is 0 Å². The van der Waals surface area contributed by atoms with Gasteiger partial charge in [0.2, 0.25) is 0 Å². The molecule has 1 atom stereocenters. The Bertz CT molecular complexity index is 595. The molecule has 0 spiro atoms. The van der Waals surface area contributed by atoms with Crippen LogP contribution in [-0.2, 0) is 12.7 Å². The molecule has 1 aliphatic heterocycles. The fourth-order valence-corrected chi connectivity index (χ4v) is 2.69. The molecule has 1 aliphatic rings. The lowest BCUT2D eigenvalue weighted by Crippen LogP contribution is -2.17. The molecule has 1 fully saturated rings. The number of nitrogens with zero attached hydrogens (tertiary/aromatic N) is 2. The number of nitrogens with one attached hydrogen (secondary N) is 1. The van der Waals surface area contributed by atoms with Gasteiger partial charge in [-0.2, -0.15) is 13.2 Å². The van der Waals surface area contributed by atoms with Crippen LogP contribution in [0.15, 0.2) is 36.8 Å². The lowest BCUT2D eigenvalue weighted by atomic mass is 10.1. The van der Waals surface area contributed by atoms with E-state index in [1.165, 1.54) is 12.1 Å². The smallest absolute Gasteiger partial charge is 0.329 e. The van der Waals surface area contributed by atoms with Crippen LogP contribution in [0.3, 0.4) is 0 Å². The van der Waals surface area contributed by atoms with Gasteiger partial charge >= 0.3 is 6.18 Å². The van der Waals surface area contributed by atoms with E-state index < -0.39 is 11.7 Å². The van der Waals surface area contributed by atoms with Gasteiger partial charge in [-0.25, -0.2) is 4.98 Å². The molecule has 0 aliphatic carbocycles. The summed E-state index contributed by atoms with van der Waals surface area (Å²) in [7, 11) is 0. The molecule has 3 nitrogen and oxygen atoms in total. The maximum absolute atomic E-state index is 12.5. The number of aromatic nitrogens is 2. The third-order valence-electron chi connectivity index (χ3n) is 3.80. The van der Waals surface area contributed by atoms with Crippen molar-refractivity contribution in [1.82, 2.24) is 14.9 Å². The molecule has 6 heteroatoms. The van der Waals surface area contributed by atoms with Gasteiger partial charge < -0.3 is 9.88 Å². The topological polar surface area (TPSA) is 29.9 Å². The highest BCUT2D eigenvalue weighted by Crippen LogP contribution is 2.29. The highest BCUT2D eigenvalue weighted by atomic mass is 19.4. The van der Waals surface area contributed by atoms with E-state index in [4.69, 9.17) is 0 Å². The van der Waals surface area contributed by atoms with Crippen molar-refractivity contribution in [3.63, 3.8) is 0 Å². The summed E-state index contributed by atoms with van der Waals surface area (Å²) in [6, 6.07) is 5.59. The first kappa shape index (κ1) is 14.1. The number of rotatable bonds is 3. The van der Waals surface area contributed by atoms with Gasteiger partial charge in [0.1, 0.15) is 0 Å². The molecule has 1 aromatic carbocycles. The summed E-state index contributed by atoms with van der Waals surface area (Å²) in [5.41, 5.74) is 1.31. The van der Waals surface area contributed by atoms with Crippen molar-refractivity contribution < 1.29 is 13.2 Å². The van der Waals surface area contributed by atoms with E-state index in [0.717, 1.165) is 42.8 Å². The van der Waals surface area contributed by atoms with Crippen LogP contribution in [0.5, 0.6) is 0 Å². The Morgan fingerprint density at radius 3 is 2.62 bits per heavy atom. The van der Waals surface area contributed by atoms with Crippen LogP contribution in [0.1, 0.15) is 35.7 Å². The first-order chi connectivity index (χ1) is 10.0. The fourth-order valence-electron chi connectivity index (χ4n) is 2.69. The molecule has 112 valence electrons. The second-order valence-corrected chi connectivity index (χ2v) is 5.29. The van der Waals surface area contributed by atoms with Gasteiger partial charge in [-0.1, -0.05) is 12.1 Å². The molecular weight excluding hydrogens is 279 g/mol. The van der Waals surface area contributed by atoms with Crippen LogP contribution < -0.4 is 5.32 Å². The SMILES string of the molecule is FC(F)(F)c1ccc(Cn2cncc2[C@@H]2CCCN2)cc1. The minimum absolute atomic E-state index is 0.293. The molecule has 3 rings (SSSR count). The second-order valence-electron chi connectivity index (χ2n) is 5.29. The van der Waals surface area contributed by atoms with Crippen LogP contribution in [0, 0.1) is 0 Å². The number of hydrogen-bond donors (Lipinski definition) is 1. The van der Waals surface area contributed by atoms with Gasteiger partial charge in [-0.15, -0.1) is 0 Å². The molecule has 2 heterocycles. The molecule has 1 aromatic heterocycles. The van der Waals surface area contributed by atoms with E-state index in [2.05, 4.69) is 10.3 Å². The van der Waals surface area contributed by atoms with Crippen molar-refractivity contribution in [2.45, 2.75) is 31.6 Å². The number of halogens is 3. The Labute approximate surface area is 120 Å². The van der Waals surface area contributed by atoms with E-state index >= 15 is 0 Å². The molecule has 2 aromatic rings. The normalized spacial score (nSPS) is 19.1. The van der Waals surface area contributed by atoms with Crippen molar-refractivity contribution in [3.8, 4) is 0 Å². The van der Waals surface area contributed by atoms with E-state index in [0.29, 0.717) is 12.6 Å². The summed E-state index contributed by atoms with van der Waals surface area (Å²) >= 11 is 0. The molecule has 0 radical (unpaired) electrons. The predicted octanol–water partition coefficient (Wildman–Crippen LogP) is 3.37. The van der Waals surface area contributed by atoms with Gasteiger partial charge in [-0.3, -0.25) is 0 Å². The third-order valence-corrected chi connectivity index (χ3v) is 3.80. The van der Waals surface area contributed by atoms with Crippen LogP contribution in [-0.4, -0.2) is 16.1 Å². The van der Waals surface area contributed by atoms with Crippen LogP contribution in [0.4, 0.5) is 13.2 Å². The molecule has 0 unspecified atom stereocenters. The van der Waals surface area contributed by atoms with Gasteiger partial charge in [-0.05, 0) is 37.1 Å². The van der Waals surface area contributed by atoms with E-state index in [1.807, 2.05) is 10.8 Å². The Kier molecular flexibility index (Phi) is 3.71. The number of imidazole rings is 1. The highest BCUT2D eigenvalue weighted by molar-refractivity contribution is 5.25. The van der Waals surface area contributed by atoms with E-state index in [1.54, 1.807) is 6.33 Å². The van der Waals surface area contributed by atoms with Crippen LogP contribution >= 0.6 is 0 Å². The Hall–Kier alpha value is -1.82. The Morgan fingerprint density at radius 2 is 2.00 bits per heavy atom. The third kappa shape index (κ3) is 3.10. The van der Waals surface area contributed by atoms with Crippen LogP contribution in [0.2, 0.25) is 0 Å². The molecular formula is C15H16F3N3. The second kappa shape index (κ2) is 5.52. The number of alkyl halides is 3. The lowest BCUT2D eigenvalue weighted by Gasteiger charge is -2.14. The van der Waals surface area contributed by atoms with Crippen molar-refractivity contribution in [2.75, 3.05) is 6.54 Å². The summed E-state index contributed by atoms with van der Waals surface area (Å²) in [5, 5.41) is 3.40. The van der Waals surface area contributed by atoms with Gasteiger partial charge in [0.15, 0.2) is 0 Å². The molecule has 1 N–H and O–H groups in total. The number of benzene rings is 1. The van der Waals surface area contributed by atoms with Gasteiger partial charge in [0.05, 0.1) is 17.6 Å².